The van der Waals surface area contributed by atoms with Crippen LogP contribution in [-0.2, 0) is 7.05 Å². The summed E-state index contributed by atoms with van der Waals surface area (Å²) in [6.45, 7) is 6.51. The van der Waals surface area contributed by atoms with E-state index in [-0.39, 0.29) is 0 Å². The SMILES string of the molecule is CCCCCNCCC(CCCC)c1nc2c(-c3ccc(-c4cnn(C)c4)nc3)cnn2c(N)c1Br. The predicted octanol–water partition coefficient (Wildman–Crippen LogP) is 5.98. The van der Waals surface area contributed by atoms with Crippen LogP contribution in [0.4, 0.5) is 5.82 Å². The second kappa shape index (κ2) is 12.5. The zero-order valence-corrected chi connectivity index (χ0v) is 23.1. The number of unbranched alkanes of at least 4 members (excludes halogenated alkanes) is 3. The Hall–Kier alpha value is -2.78. The molecular formula is C27H37BrN8. The van der Waals surface area contributed by atoms with E-state index in [2.05, 4.69) is 56.3 Å². The van der Waals surface area contributed by atoms with Gasteiger partial charge in [0, 0.05) is 42.0 Å². The van der Waals surface area contributed by atoms with Gasteiger partial charge in [-0.25, -0.2) is 4.98 Å². The minimum atomic E-state index is 0.319. The summed E-state index contributed by atoms with van der Waals surface area (Å²) in [6, 6.07) is 4.06. The Morgan fingerprint density at radius 2 is 1.81 bits per heavy atom. The maximum Gasteiger partial charge on any atom is 0.165 e. The van der Waals surface area contributed by atoms with Gasteiger partial charge in [-0.05, 0) is 54.3 Å². The molecule has 0 aromatic carbocycles. The van der Waals surface area contributed by atoms with E-state index in [0.717, 1.165) is 77.0 Å². The van der Waals surface area contributed by atoms with Gasteiger partial charge in [-0.3, -0.25) is 9.67 Å². The number of rotatable bonds is 13. The van der Waals surface area contributed by atoms with E-state index in [9.17, 15) is 0 Å². The molecule has 4 aromatic rings. The molecule has 0 aliphatic carbocycles. The predicted molar refractivity (Wildman–Crippen MR) is 150 cm³/mol. The van der Waals surface area contributed by atoms with Gasteiger partial charge in [0.25, 0.3) is 0 Å². The number of halogens is 1. The average Bonchev–Trinajstić information content (AvgIpc) is 3.52. The molecule has 4 aromatic heterocycles. The molecule has 1 unspecified atom stereocenters. The van der Waals surface area contributed by atoms with Gasteiger partial charge in [0.05, 0.1) is 28.3 Å². The zero-order valence-electron chi connectivity index (χ0n) is 21.5. The number of aromatic nitrogens is 6. The summed E-state index contributed by atoms with van der Waals surface area (Å²) < 4.78 is 4.34. The molecule has 0 spiro atoms. The smallest absolute Gasteiger partial charge is 0.165 e. The lowest BCUT2D eigenvalue weighted by molar-refractivity contribution is 0.502. The van der Waals surface area contributed by atoms with E-state index in [1.54, 1.807) is 9.20 Å². The Morgan fingerprint density at radius 1 is 0.972 bits per heavy atom. The average molecular weight is 554 g/mol. The highest BCUT2D eigenvalue weighted by Crippen LogP contribution is 2.36. The molecule has 0 aliphatic heterocycles. The van der Waals surface area contributed by atoms with Crippen LogP contribution in [0.15, 0.2) is 41.4 Å². The van der Waals surface area contributed by atoms with Crippen molar-refractivity contribution >= 4 is 27.4 Å². The second-order valence-corrected chi connectivity index (χ2v) is 10.2. The summed E-state index contributed by atoms with van der Waals surface area (Å²) in [7, 11) is 1.90. The van der Waals surface area contributed by atoms with E-state index in [4.69, 9.17) is 10.7 Å². The van der Waals surface area contributed by atoms with Crippen molar-refractivity contribution in [2.75, 3.05) is 18.8 Å². The lowest BCUT2D eigenvalue weighted by Crippen LogP contribution is -2.20. The fraction of sp³-hybridized carbons (Fsp3) is 0.481. The first-order valence-corrected chi connectivity index (χ1v) is 13.8. The van der Waals surface area contributed by atoms with Gasteiger partial charge in [-0.1, -0.05) is 45.6 Å². The summed E-state index contributed by atoms with van der Waals surface area (Å²) in [6.07, 6.45) is 15.6. The molecule has 0 aliphatic rings. The molecule has 0 radical (unpaired) electrons. The van der Waals surface area contributed by atoms with Gasteiger partial charge in [0.1, 0.15) is 5.82 Å². The number of nitrogen functional groups attached to an aromatic ring is 1. The van der Waals surface area contributed by atoms with Crippen molar-refractivity contribution in [3.8, 4) is 22.4 Å². The standard InChI is InChI=1S/C27H37BrN8/c1-4-6-8-13-30-14-12-19(9-7-5-2)25-24(28)26(29)36-27(34-25)22(17-33-36)20-10-11-23(31-15-20)21-16-32-35(3)18-21/h10-11,15-19,30H,4-9,12-14,29H2,1-3H3. The number of nitrogens with zero attached hydrogens (tertiary/aromatic N) is 6. The van der Waals surface area contributed by atoms with E-state index in [0.29, 0.717) is 11.7 Å². The quantitative estimate of drug-likeness (QED) is 0.198. The molecule has 1 atom stereocenters. The monoisotopic (exact) mass is 552 g/mol. The molecule has 0 fully saturated rings. The molecule has 0 saturated heterocycles. The van der Waals surface area contributed by atoms with Crippen LogP contribution in [0.5, 0.6) is 0 Å². The van der Waals surface area contributed by atoms with Crippen LogP contribution in [0.2, 0.25) is 0 Å². The van der Waals surface area contributed by atoms with Crippen LogP contribution < -0.4 is 11.1 Å². The molecule has 3 N–H and O–H groups in total. The Kier molecular flexibility index (Phi) is 9.09. The van der Waals surface area contributed by atoms with Crippen molar-refractivity contribution in [2.24, 2.45) is 7.05 Å². The van der Waals surface area contributed by atoms with Gasteiger partial charge in [0.15, 0.2) is 5.65 Å². The van der Waals surface area contributed by atoms with Crippen LogP contribution in [0, 0.1) is 0 Å². The van der Waals surface area contributed by atoms with E-state index in [1.165, 1.54) is 19.3 Å². The lowest BCUT2D eigenvalue weighted by Gasteiger charge is -2.19. The lowest BCUT2D eigenvalue weighted by atomic mass is 9.94. The summed E-state index contributed by atoms with van der Waals surface area (Å²) >= 11 is 3.75. The number of pyridine rings is 1. The molecule has 4 heterocycles. The Bertz CT molecular complexity index is 1260. The Morgan fingerprint density at radius 3 is 2.50 bits per heavy atom. The highest BCUT2D eigenvalue weighted by atomic mass is 79.9. The van der Waals surface area contributed by atoms with E-state index >= 15 is 0 Å². The van der Waals surface area contributed by atoms with Crippen molar-refractivity contribution in [1.29, 1.82) is 0 Å². The number of nitrogens with two attached hydrogens (primary N) is 1. The first-order valence-electron chi connectivity index (χ1n) is 13.0. The van der Waals surface area contributed by atoms with Crippen molar-refractivity contribution in [3.63, 3.8) is 0 Å². The highest BCUT2D eigenvalue weighted by molar-refractivity contribution is 9.10. The van der Waals surface area contributed by atoms with Crippen molar-refractivity contribution in [1.82, 2.24) is 34.7 Å². The molecule has 36 heavy (non-hydrogen) atoms. The summed E-state index contributed by atoms with van der Waals surface area (Å²) in [4.78, 5) is 9.81. The maximum absolute atomic E-state index is 6.56. The van der Waals surface area contributed by atoms with Crippen LogP contribution in [0.1, 0.15) is 70.4 Å². The highest BCUT2D eigenvalue weighted by Gasteiger charge is 2.22. The molecule has 0 bridgehead atoms. The summed E-state index contributed by atoms with van der Waals surface area (Å²) in [5, 5.41) is 12.4. The van der Waals surface area contributed by atoms with Gasteiger partial charge < -0.3 is 11.1 Å². The van der Waals surface area contributed by atoms with Crippen molar-refractivity contribution in [3.05, 3.63) is 47.1 Å². The molecule has 0 saturated carbocycles. The first-order chi connectivity index (χ1) is 17.5. The van der Waals surface area contributed by atoms with Gasteiger partial charge in [-0.15, -0.1) is 0 Å². The van der Waals surface area contributed by atoms with Crippen molar-refractivity contribution < 1.29 is 0 Å². The largest absolute Gasteiger partial charge is 0.383 e. The maximum atomic E-state index is 6.56. The van der Waals surface area contributed by atoms with E-state index in [1.807, 2.05) is 37.9 Å². The molecule has 9 heteroatoms. The minimum Gasteiger partial charge on any atom is -0.383 e. The topological polar surface area (TPSA) is 99.0 Å². The van der Waals surface area contributed by atoms with E-state index < -0.39 is 0 Å². The van der Waals surface area contributed by atoms with Crippen LogP contribution in [0.3, 0.4) is 0 Å². The van der Waals surface area contributed by atoms with Crippen LogP contribution in [0.25, 0.3) is 28.0 Å². The van der Waals surface area contributed by atoms with Crippen LogP contribution >= 0.6 is 15.9 Å². The number of hydrogen-bond donors (Lipinski definition) is 2. The Labute approximate surface area is 221 Å². The molecule has 192 valence electrons. The number of hydrogen-bond acceptors (Lipinski definition) is 6. The number of aryl methyl sites for hydroxylation is 1. The van der Waals surface area contributed by atoms with Gasteiger partial charge in [0.2, 0.25) is 0 Å². The second-order valence-electron chi connectivity index (χ2n) is 9.41. The minimum absolute atomic E-state index is 0.319. The molecule has 0 amide bonds. The third kappa shape index (κ3) is 5.95. The number of anilines is 1. The first kappa shape index (κ1) is 26.3. The van der Waals surface area contributed by atoms with Crippen molar-refractivity contribution in [2.45, 2.75) is 64.7 Å². The number of nitrogens with one attached hydrogen (secondary N) is 1. The molecular weight excluding hydrogens is 516 g/mol. The van der Waals surface area contributed by atoms with Crippen LogP contribution in [-0.4, -0.2) is 42.5 Å². The summed E-state index contributed by atoms with van der Waals surface area (Å²) in [5.74, 6) is 0.901. The third-order valence-electron chi connectivity index (χ3n) is 6.64. The summed E-state index contributed by atoms with van der Waals surface area (Å²) in [5.41, 5.74) is 12.1. The third-order valence-corrected chi connectivity index (χ3v) is 7.46. The zero-order chi connectivity index (χ0) is 25.5. The van der Waals surface area contributed by atoms with Gasteiger partial charge in [-0.2, -0.15) is 14.7 Å². The number of fused-ring (bicyclic) bond motifs is 1. The molecule has 8 nitrogen and oxygen atoms in total. The fourth-order valence-electron chi connectivity index (χ4n) is 4.53. The van der Waals surface area contributed by atoms with Gasteiger partial charge >= 0.3 is 0 Å². The fourth-order valence-corrected chi connectivity index (χ4v) is 5.11. The Balaban J connectivity index is 1.62. The molecule has 4 rings (SSSR count). The normalized spacial score (nSPS) is 12.4.